The molecule has 16 heavy (non-hydrogen) atoms. The van der Waals surface area contributed by atoms with Crippen molar-refractivity contribution < 1.29 is 18.6 Å². The Kier molecular flexibility index (Phi) is 5.15. The van der Waals surface area contributed by atoms with Gasteiger partial charge in [-0.1, -0.05) is 6.92 Å². The highest BCUT2D eigenvalue weighted by atomic mass is 19.1. The molecule has 0 aromatic rings. The summed E-state index contributed by atoms with van der Waals surface area (Å²) in [5, 5.41) is 0. The molecule has 1 aliphatic heterocycles. The summed E-state index contributed by atoms with van der Waals surface area (Å²) in [5.41, 5.74) is 0. The zero-order chi connectivity index (χ0) is 12.3. The van der Waals surface area contributed by atoms with Gasteiger partial charge in [-0.25, -0.2) is 4.39 Å². The van der Waals surface area contributed by atoms with E-state index in [1.54, 1.807) is 0 Å². The highest BCUT2D eigenvalue weighted by molar-refractivity contribution is 4.83. The third-order valence-corrected chi connectivity index (χ3v) is 2.48. The van der Waals surface area contributed by atoms with Gasteiger partial charge in [0.15, 0.2) is 6.29 Å². The molecule has 0 amide bonds. The number of hydrogen-bond donors (Lipinski definition) is 0. The fourth-order valence-electron chi connectivity index (χ4n) is 1.75. The highest BCUT2D eigenvalue weighted by Crippen LogP contribution is 2.27. The summed E-state index contributed by atoms with van der Waals surface area (Å²) >= 11 is 0. The molecule has 0 N–H and O–H groups in total. The minimum Gasteiger partial charge on any atom is -0.367 e. The Bertz CT molecular complexity index is 208. The van der Waals surface area contributed by atoms with Crippen LogP contribution in [0.4, 0.5) is 4.39 Å². The highest BCUT2D eigenvalue weighted by Gasteiger charge is 2.41. The molecule has 1 rings (SSSR count). The monoisotopic (exact) mass is 234 g/mol. The van der Waals surface area contributed by atoms with Crippen molar-refractivity contribution in [3.8, 4) is 0 Å². The Labute approximate surface area is 97.3 Å². The number of ether oxygens (including phenoxy) is 3. The maximum atomic E-state index is 14.0. The van der Waals surface area contributed by atoms with Crippen LogP contribution in [-0.4, -0.2) is 37.4 Å². The zero-order valence-corrected chi connectivity index (χ0v) is 10.8. The minimum atomic E-state index is -1.03. The van der Waals surface area contributed by atoms with Gasteiger partial charge in [0, 0.05) is 5.92 Å². The quantitative estimate of drug-likeness (QED) is 0.748. The Morgan fingerprint density at radius 3 is 2.19 bits per heavy atom. The Balaban J connectivity index is 2.65. The average Bonchev–Trinajstić information content (AvgIpc) is 2.16. The first-order valence-electron chi connectivity index (χ1n) is 5.98. The fraction of sp³-hybridized carbons (Fsp3) is 1.00. The van der Waals surface area contributed by atoms with Crippen molar-refractivity contribution in [2.45, 2.75) is 65.4 Å². The van der Waals surface area contributed by atoms with Crippen LogP contribution < -0.4 is 0 Å². The summed E-state index contributed by atoms with van der Waals surface area (Å²) in [7, 11) is 0. The summed E-state index contributed by atoms with van der Waals surface area (Å²) in [4.78, 5) is 0. The zero-order valence-electron chi connectivity index (χ0n) is 10.8. The molecule has 0 saturated carbocycles. The van der Waals surface area contributed by atoms with Gasteiger partial charge >= 0.3 is 0 Å². The van der Waals surface area contributed by atoms with E-state index in [1.165, 1.54) is 0 Å². The third-order valence-electron chi connectivity index (χ3n) is 2.48. The molecular weight excluding hydrogens is 211 g/mol. The lowest BCUT2D eigenvalue weighted by Gasteiger charge is -2.38. The predicted molar refractivity (Wildman–Crippen MR) is 60.0 cm³/mol. The summed E-state index contributed by atoms with van der Waals surface area (Å²) in [5.74, 6) is -0.143. The van der Waals surface area contributed by atoms with E-state index in [-0.39, 0.29) is 18.1 Å². The van der Waals surface area contributed by atoms with Gasteiger partial charge in [0.05, 0.1) is 18.8 Å². The van der Waals surface area contributed by atoms with Crippen LogP contribution in [0.25, 0.3) is 0 Å². The lowest BCUT2D eigenvalue weighted by Crippen LogP contribution is -2.51. The van der Waals surface area contributed by atoms with Crippen LogP contribution >= 0.6 is 0 Å². The summed E-state index contributed by atoms with van der Waals surface area (Å²) in [6, 6.07) is 0. The molecule has 4 atom stereocenters. The van der Waals surface area contributed by atoms with Crippen molar-refractivity contribution >= 4 is 0 Å². The molecule has 1 unspecified atom stereocenters. The summed E-state index contributed by atoms with van der Waals surface area (Å²) in [6.45, 7) is 9.79. The Morgan fingerprint density at radius 2 is 1.69 bits per heavy atom. The molecular formula is C12H23FO3. The molecule has 3 nitrogen and oxygen atoms in total. The maximum absolute atomic E-state index is 14.0. The predicted octanol–water partition coefficient (Wildman–Crippen LogP) is 2.54. The maximum Gasteiger partial charge on any atom is 0.186 e. The SMILES string of the molecule is CC(C)OC1[C@@H](OC(C)C)OC[C@@H](C)[C@@H]1F. The largest absolute Gasteiger partial charge is 0.367 e. The van der Waals surface area contributed by atoms with E-state index in [0.29, 0.717) is 6.61 Å². The second kappa shape index (κ2) is 5.94. The normalized spacial score (nSPS) is 36.0. The molecule has 96 valence electrons. The molecule has 0 aromatic heterocycles. The van der Waals surface area contributed by atoms with E-state index in [4.69, 9.17) is 14.2 Å². The standard InChI is InChI=1S/C12H23FO3/c1-7(2)15-11-10(13)9(5)6-14-12(11)16-8(3)4/h7-12H,6H2,1-5H3/t9-,10+,11?,12-/m1/s1. The van der Waals surface area contributed by atoms with Gasteiger partial charge in [0.25, 0.3) is 0 Å². The van der Waals surface area contributed by atoms with Crippen molar-refractivity contribution in [1.29, 1.82) is 0 Å². The van der Waals surface area contributed by atoms with Gasteiger partial charge < -0.3 is 14.2 Å². The Hall–Kier alpha value is -0.190. The first kappa shape index (κ1) is 13.9. The topological polar surface area (TPSA) is 27.7 Å². The number of alkyl halides is 1. The minimum absolute atomic E-state index is 0.00358. The van der Waals surface area contributed by atoms with E-state index in [0.717, 1.165) is 0 Å². The summed E-state index contributed by atoms with van der Waals surface area (Å²) in [6.07, 6.45) is -2.26. The molecule has 0 bridgehead atoms. The fourth-order valence-corrected chi connectivity index (χ4v) is 1.75. The molecule has 1 saturated heterocycles. The van der Waals surface area contributed by atoms with Crippen LogP contribution in [0.5, 0.6) is 0 Å². The van der Waals surface area contributed by atoms with Gasteiger partial charge in [0.1, 0.15) is 12.3 Å². The first-order valence-corrected chi connectivity index (χ1v) is 5.98. The molecule has 1 fully saturated rings. The van der Waals surface area contributed by atoms with E-state index in [2.05, 4.69) is 0 Å². The average molecular weight is 234 g/mol. The van der Waals surface area contributed by atoms with Gasteiger partial charge in [0.2, 0.25) is 0 Å². The van der Waals surface area contributed by atoms with Crippen molar-refractivity contribution in [1.82, 2.24) is 0 Å². The van der Waals surface area contributed by atoms with Crippen LogP contribution in [0.1, 0.15) is 34.6 Å². The van der Waals surface area contributed by atoms with E-state index < -0.39 is 18.6 Å². The molecule has 4 heteroatoms. The van der Waals surface area contributed by atoms with Crippen LogP contribution in [0.3, 0.4) is 0 Å². The molecule has 0 radical (unpaired) electrons. The number of rotatable bonds is 4. The smallest absolute Gasteiger partial charge is 0.186 e. The van der Waals surface area contributed by atoms with Gasteiger partial charge in [-0.2, -0.15) is 0 Å². The lowest BCUT2D eigenvalue weighted by molar-refractivity contribution is -0.275. The lowest BCUT2D eigenvalue weighted by atomic mass is 9.98. The van der Waals surface area contributed by atoms with Gasteiger partial charge in [-0.05, 0) is 27.7 Å². The summed E-state index contributed by atoms with van der Waals surface area (Å²) < 4.78 is 30.6. The third kappa shape index (κ3) is 3.68. The second-order valence-electron chi connectivity index (χ2n) is 4.96. The molecule has 0 aliphatic carbocycles. The van der Waals surface area contributed by atoms with Crippen LogP contribution in [0.2, 0.25) is 0 Å². The van der Waals surface area contributed by atoms with Crippen molar-refractivity contribution in [3.05, 3.63) is 0 Å². The molecule has 0 spiro atoms. The Morgan fingerprint density at radius 1 is 1.12 bits per heavy atom. The number of hydrogen-bond acceptors (Lipinski definition) is 3. The molecule has 1 heterocycles. The molecule has 1 aliphatic rings. The first-order chi connectivity index (χ1) is 7.41. The van der Waals surface area contributed by atoms with Gasteiger partial charge in [-0.3, -0.25) is 0 Å². The second-order valence-corrected chi connectivity index (χ2v) is 4.96. The van der Waals surface area contributed by atoms with Crippen molar-refractivity contribution in [3.63, 3.8) is 0 Å². The van der Waals surface area contributed by atoms with Crippen molar-refractivity contribution in [2.24, 2.45) is 5.92 Å². The van der Waals surface area contributed by atoms with Gasteiger partial charge in [-0.15, -0.1) is 0 Å². The van der Waals surface area contributed by atoms with E-state index in [9.17, 15) is 4.39 Å². The molecule has 0 aromatic carbocycles. The van der Waals surface area contributed by atoms with Crippen molar-refractivity contribution in [2.75, 3.05) is 6.61 Å². The van der Waals surface area contributed by atoms with Crippen LogP contribution in [0.15, 0.2) is 0 Å². The number of halogens is 1. The van der Waals surface area contributed by atoms with Crippen LogP contribution in [0, 0.1) is 5.92 Å². The van der Waals surface area contributed by atoms with E-state index in [1.807, 2.05) is 34.6 Å². The van der Waals surface area contributed by atoms with Crippen LogP contribution in [-0.2, 0) is 14.2 Å². The van der Waals surface area contributed by atoms with E-state index >= 15 is 0 Å².